The van der Waals surface area contributed by atoms with E-state index in [2.05, 4.69) is 5.32 Å². The number of cyclic esters (lactones) is 1. The van der Waals surface area contributed by atoms with Crippen molar-refractivity contribution >= 4 is 24.0 Å². The number of fused-ring (bicyclic) bond motifs is 1. The number of alkyl carbamates (subject to hydrolysis) is 1. The molecule has 1 fully saturated rings. The van der Waals surface area contributed by atoms with Crippen molar-refractivity contribution < 1.29 is 28.6 Å². The van der Waals surface area contributed by atoms with E-state index in [1.165, 1.54) is 0 Å². The molecule has 1 saturated heterocycles. The molecule has 2 heterocycles. The van der Waals surface area contributed by atoms with Crippen molar-refractivity contribution in [2.75, 3.05) is 24.5 Å². The number of rotatable bonds is 5. The van der Waals surface area contributed by atoms with E-state index < -0.39 is 23.9 Å². The van der Waals surface area contributed by atoms with Crippen molar-refractivity contribution in [2.45, 2.75) is 52.0 Å². The van der Waals surface area contributed by atoms with Crippen molar-refractivity contribution in [1.29, 1.82) is 0 Å². The average molecular weight is 482 g/mol. The van der Waals surface area contributed by atoms with Crippen LogP contribution in [0.5, 0.6) is 0 Å². The predicted octanol–water partition coefficient (Wildman–Crippen LogP) is 4.23. The van der Waals surface area contributed by atoms with Crippen LogP contribution < -0.4 is 10.2 Å². The number of hydrogen-bond donors (Lipinski definition) is 1. The summed E-state index contributed by atoms with van der Waals surface area (Å²) in [6, 6.07) is 15.3. The number of ether oxygens (including phenoxy) is 3. The van der Waals surface area contributed by atoms with Gasteiger partial charge in [0.1, 0.15) is 18.3 Å². The number of anilines is 1. The van der Waals surface area contributed by atoms with E-state index in [1.54, 1.807) is 30.6 Å². The SMILES string of the molecule is CC(C)(C)OC(=O)NC[C@@H]1CN(c2ccc3c(c2)CCN(C(=O)OCc2ccccc2)C3)C(=O)O1. The maximum Gasteiger partial charge on any atom is 0.414 e. The molecular weight excluding hydrogens is 450 g/mol. The van der Waals surface area contributed by atoms with Crippen LogP contribution in [0.3, 0.4) is 0 Å². The van der Waals surface area contributed by atoms with Gasteiger partial charge in [-0.05, 0) is 56.0 Å². The van der Waals surface area contributed by atoms with Crippen LogP contribution in [0, 0.1) is 0 Å². The molecule has 186 valence electrons. The molecule has 0 aliphatic carbocycles. The second kappa shape index (κ2) is 10.2. The summed E-state index contributed by atoms with van der Waals surface area (Å²) >= 11 is 0. The van der Waals surface area contributed by atoms with Crippen LogP contribution in [0.25, 0.3) is 0 Å². The highest BCUT2D eigenvalue weighted by Gasteiger charge is 2.33. The fourth-order valence-corrected chi connectivity index (χ4v) is 4.02. The van der Waals surface area contributed by atoms with E-state index in [0.717, 1.165) is 22.4 Å². The van der Waals surface area contributed by atoms with Gasteiger partial charge in [0.25, 0.3) is 0 Å². The number of nitrogens with zero attached hydrogens (tertiary/aromatic N) is 2. The lowest BCUT2D eigenvalue weighted by Gasteiger charge is -2.29. The molecular formula is C26H31N3O6. The van der Waals surface area contributed by atoms with Gasteiger partial charge in [-0.1, -0.05) is 36.4 Å². The Morgan fingerprint density at radius 3 is 2.63 bits per heavy atom. The Morgan fingerprint density at radius 2 is 1.89 bits per heavy atom. The molecule has 35 heavy (non-hydrogen) atoms. The second-order valence-electron chi connectivity index (χ2n) is 9.66. The maximum atomic E-state index is 12.5. The van der Waals surface area contributed by atoms with Crippen LogP contribution >= 0.6 is 0 Å². The lowest BCUT2D eigenvalue weighted by molar-refractivity contribution is 0.0496. The molecule has 4 rings (SSSR count). The maximum absolute atomic E-state index is 12.5. The summed E-state index contributed by atoms with van der Waals surface area (Å²) in [6.07, 6.45) is -1.15. The van der Waals surface area contributed by atoms with Crippen molar-refractivity contribution in [3.63, 3.8) is 0 Å². The lowest BCUT2D eigenvalue weighted by atomic mass is 9.99. The molecule has 0 spiro atoms. The first-order valence-electron chi connectivity index (χ1n) is 11.7. The van der Waals surface area contributed by atoms with E-state index in [0.29, 0.717) is 26.1 Å². The van der Waals surface area contributed by atoms with Gasteiger partial charge >= 0.3 is 18.3 Å². The Bertz CT molecular complexity index is 1080. The standard InChI is InChI=1S/C26H31N3O6/c1-26(2,3)35-23(30)27-14-22-16-29(25(32)34-22)21-10-9-20-15-28(12-11-19(20)13-21)24(31)33-17-18-7-5-4-6-8-18/h4-10,13,22H,11-12,14-17H2,1-3H3,(H,27,30)/t22-/m1/s1. The zero-order chi connectivity index (χ0) is 25.0. The molecule has 1 N–H and O–H groups in total. The zero-order valence-electron chi connectivity index (χ0n) is 20.3. The number of nitrogens with one attached hydrogen (secondary N) is 1. The van der Waals surface area contributed by atoms with Crippen molar-refractivity contribution in [1.82, 2.24) is 10.2 Å². The second-order valence-corrected chi connectivity index (χ2v) is 9.66. The average Bonchev–Trinajstić information content (AvgIpc) is 3.20. The molecule has 2 aliphatic heterocycles. The van der Waals surface area contributed by atoms with Crippen LogP contribution in [0.2, 0.25) is 0 Å². The van der Waals surface area contributed by atoms with Crippen molar-refractivity contribution in [3.05, 3.63) is 65.2 Å². The summed E-state index contributed by atoms with van der Waals surface area (Å²) in [5.74, 6) is 0. The summed E-state index contributed by atoms with van der Waals surface area (Å²) in [5, 5.41) is 2.65. The first-order valence-corrected chi connectivity index (χ1v) is 11.7. The molecule has 0 radical (unpaired) electrons. The molecule has 9 nitrogen and oxygen atoms in total. The molecule has 2 aromatic rings. The molecule has 2 aromatic carbocycles. The van der Waals surface area contributed by atoms with E-state index in [1.807, 2.05) is 48.5 Å². The molecule has 2 aliphatic rings. The normalized spacial score (nSPS) is 17.5. The third kappa shape index (κ3) is 6.44. The Kier molecular flexibility index (Phi) is 7.14. The van der Waals surface area contributed by atoms with Crippen LogP contribution in [0.1, 0.15) is 37.5 Å². The van der Waals surface area contributed by atoms with Gasteiger partial charge < -0.3 is 24.4 Å². The highest BCUT2D eigenvalue weighted by molar-refractivity contribution is 5.90. The minimum absolute atomic E-state index is 0.169. The van der Waals surface area contributed by atoms with Crippen molar-refractivity contribution in [3.8, 4) is 0 Å². The number of carbonyl (C=O) groups is 3. The molecule has 0 saturated carbocycles. The van der Waals surface area contributed by atoms with Crippen LogP contribution in [-0.4, -0.2) is 54.5 Å². The number of hydrogen-bond acceptors (Lipinski definition) is 6. The summed E-state index contributed by atoms with van der Waals surface area (Å²) in [7, 11) is 0. The summed E-state index contributed by atoms with van der Waals surface area (Å²) in [5.41, 5.74) is 3.18. The first kappa shape index (κ1) is 24.4. The molecule has 0 bridgehead atoms. The van der Waals surface area contributed by atoms with Gasteiger partial charge in [0, 0.05) is 18.8 Å². The Morgan fingerprint density at radius 1 is 1.11 bits per heavy atom. The summed E-state index contributed by atoms with van der Waals surface area (Å²) in [6.45, 7) is 7.08. The van der Waals surface area contributed by atoms with Crippen LogP contribution in [-0.2, 0) is 33.8 Å². The van der Waals surface area contributed by atoms with E-state index in [4.69, 9.17) is 14.2 Å². The quantitative estimate of drug-likeness (QED) is 0.642. The van der Waals surface area contributed by atoms with E-state index in [-0.39, 0.29) is 19.2 Å². The van der Waals surface area contributed by atoms with Crippen LogP contribution in [0.15, 0.2) is 48.5 Å². The predicted molar refractivity (Wildman–Crippen MR) is 129 cm³/mol. The minimum Gasteiger partial charge on any atom is -0.445 e. The molecule has 1 atom stereocenters. The van der Waals surface area contributed by atoms with Gasteiger partial charge in [-0.3, -0.25) is 4.90 Å². The lowest BCUT2D eigenvalue weighted by Crippen LogP contribution is -2.38. The Hall–Kier alpha value is -3.75. The van der Waals surface area contributed by atoms with Gasteiger partial charge in [0.05, 0.1) is 13.1 Å². The largest absolute Gasteiger partial charge is 0.445 e. The van der Waals surface area contributed by atoms with Gasteiger partial charge in [0.2, 0.25) is 0 Å². The fourth-order valence-electron chi connectivity index (χ4n) is 4.02. The number of carbonyl (C=O) groups excluding carboxylic acids is 3. The molecule has 0 unspecified atom stereocenters. The number of amides is 3. The smallest absolute Gasteiger partial charge is 0.414 e. The molecule has 9 heteroatoms. The fraction of sp³-hybridized carbons (Fsp3) is 0.423. The Balaban J connectivity index is 1.31. The third-order valence-electron chi connectivity index (χ3n) is 5.72. The van der Waals surface area contributed by atoms with E-state index >= 15 is 0 Å². The molecule has 0 aromatic heterocycles. The van der Waals surface area contributed by atoms with E-state index in [9.17, 15) is 14.4 Å². The molecule has 3 amide bonds. The third-order valence-corrected chi connectivity index (χ3v) is 5.72. The van der Waals surface area contributed by atoms with Gasteiger partial charge in [-0.25, -0.2) is 14.4 Å². The van der Waals surface area contributed by atoms with Gasteiger partial charge in [0.15, 0.2) is 0 Å². The topological polar surface area (TPSA) is 97.4 Å². The Labute approximate surface area is 204 Å². The van der Waals surface area contributed by atoms with Crippen molar-refractivity contribution in [2.24, 2.45) is 0 Å². The first-order chi connectivity index (χ1) is 16.7. The minimum atomic E-state index is -0.597. The zero-order valence-corrected chi connectivity index (χ0v) is 20.3. The number of benzene rings is 2. The van der Waals surface area contributed by atoms with Gasteiger partial charge in [-0.2, -0.15) is 0 Å². The summed E-state index contributed by atoms with van der Waals surface area (Å²) in [4.78, 5) is 40.1. The van der Waals surface area contributed by atoms with Crippen LogP contribution in [0.4, 0.5) is 20.1 Å². The highest BCUT2D eigenvalue weighted by atomic mass is 16.6. The highest BCUT2D eigenvalue weighted by Crippen LogP contribution is 2.28. The monoisotopic (exact) mass is 481 g/mol. The summed E-state index contributed by atoms with van der Waals surface area (Å²) < 4.78 is 16.1. The van der Waals surface area contributed by atoms with Gasteiger partial charge in [-0.15, -0.1) is 0 Å².